The number of ether oxygens (including phenoxy) is 1. The van der Waals surface area contributed by atoms with Crippen molar-refractivity contribution in [3.8, 4) is 0 Å². The van der Waals surface area contributed by atoms with Gasteiger partial charge in [0.25, 0.3) is 0 Å². The Balaban J connectivity index is 1.82. The zero-order chi connectivity index (χ0) is 10.8. The summed E-state index contributed by atoms with van der Waals surface area (Å²) in [7, 11) is 0. The van der Waals surface area contributed by atoms with Crippen LogP contribution in [0, 0.1) is 5.92 Å². The van der Waals surface area contributed by atoms with E-state index in [1.807, 2.05) is 13.8 Å². The molecule has 1 unspecified atom stereocenters. The van der Waals surface area contributed by atoms with Crippen LogP contribution in [0.25, 0.3) is 0 Å². The minimum atomic E-state index is -0.0104. The van der Waals surface area contributed by atoms with Gasteiger partial charge in [-0.2, -0.15) is 0 Å². The molecule has 2 fully saturated rings. The second kappa shape index (κ2) is 4.52. The Morgan fingerprint density at radius 1 is 1.40 bits per heavy atom. The third kappa shape index (κ3) is 2.51. The highest BCUT2D eigenvalue weighted by Crippen LogP contribution is 2.29. The van der Waals surface area contributed by atoms with Gasteiger partial charge in [0.1, 0.15) is 6.10 Å². The molecule has 1 N–H and O–H groups in total. The Bertz CT molecular complexity index is 230. The van der Waals surface area contributed by atoms with Crippen LogP contribution in [0.5, 0.6) is 0 Å². The maximum Gasteiger partial charge on any atom is 0.308 e. The minimum absolute atomic E-state index is 0.0104. The molecule has 2 aliphatic rings. The summed E-state index contributed by atoms with van der Waals surface area (Å²) in [5, 5.41) is 3.55. The van der Waals surface area contributed by atoms with Gasteiger partial charge >= 0.3 is 5.97 Å². The summed E-state index contributed by atoms with van der Waals surface area (Å²) in [5.74, 6) is 0.0429. The predicted octanol–water partition coefficient (Wildman–Crippen LogP) is 1.86. The molecule has 0 aliphatic carbocycles. The SMILES string of the molecule is CC[C@@H](C)C(=O)OC1C[C@H]2CC[C@@H](C1)N2. The Morgan fingerprint density at radius 3 is 2.53 bits per heavy atom. The van der Waals surface area contributed by atoms with Gasteiger partial charge in [-0.1, -0.05) is 13.8 Å². The van der Waals surface area contributed by atoms with E-state index in [0.717, 1.165) is 19.3 Å². The summed E-state index contributed by atoms with van der Waals surface area (Å²) in [5.41, 5.74) is 0. The lowest BCUT2D eigenvalue weighted by molar-refractivity contribution is -0.155. The first kappa shape index (κ1) is 10.9. The summed E-state index contributed by atoms with van der Waals surface area (Å²) in [4.78, 5) is 11.6. The standard InChI is InChI=1S/C12H21NO2/c1-3-8(2)12(14)15-11-6-9-4-5-10(7-11)13-9/h8-11,13H,3-7H2,1-2H3/t8-,9-,10+,11?/m1/s1. The van der Waals surface area contributed by atoms with Crippen molar-refractivity contribution >= 4 is 5.97 Å². The maximum absolute atomic E-state index is 11.6. The Hall–Kier alpha value is -0.570. The molecular formula is C12H21NO2. The molecule has 0 radical (unpaired) electrons. The van der Waals surface area contributed by atoms with E-state index >= 15 is 0 Å². The lowest BCUT2D eigenvalue weighted by Crippen LogP contribution is -2.42. The fourth-order valence-electron chi connectivity index (χ4n) is 2.55. The van der Waals surface area contributed by atoms with E-state index in [-0.39, 0.29) is 18.0 Å². The van der Waals surface area contributed by atoms with Crippen LogP contribution in [-0.4, -0.2) is 24.2 Å². The second-order valence-corrected chi connectivity index (χ2v) is 4.98. The van der Waals surface area contributed by atoms with Gasteiger partial charge in [-0.25, -0.2) is 0 Å². The molecular weight excluding hydrogens is 190 g/mol. The smallest absolute Gasteiger partial charge is 0.308 e. The monoisotopic (exact) mass is 211 g/mol. The maximum atomic E-state index is 11.6. The molecule has 0 saturated carbocycles. The zero-order valence-corrected chi connectivity index (χ0v) is 9.66. The third-order valence-electron chi connectivity index (χ3n) is 3.73. The molecule has 2 rings (SSSR count). The lowest BCUT2D eigenvalue weighted by atomic mass is 10.0. The van der Waals surface area contributed by atoms with Crippen LogP contribution in [0.2, 0.25) is 0 Å². The topological polar surface area (TPSA) is 38.3 Å². The third-order valence-corrected chi connectivity index (χ3v) is 3.73. The van der Waals surface area contributed by atoms with Crippen LogP contribution >= 0.6 is 0 Å². The van der Waals surface area contributed by atoms with Gasteiger partial charge in [-0.15, -0.1) is 0 Å². The van der Waals surface area contributed by atoms with Crippen molar-refractivity contribution in [1.29, 1.82) is 0 Å². The van der Waals surface area contributed by atoms with E-state index in [1.54, 1.807) is 0 Å². The number of hydrogen-bond donors (Lipinski definition) is 1. The molecule has 2 heterocycles. The highest BCUT2D eigenvalue weighted by molar-refractivity contribution is 5.72. The molecule has 2 aliphatic heterocycles. The molecule has 3 heteroatoms. The number of fused-ring (bicyclic) bond motifs is 2. The van der Waals surface area contributed by atoms with Crippen molar-refractivity contribution in [3.05, 3.63) is 0 Å². The fraction of sp³-hybridized carbons (Fsp3) is 0.917. The summed E-state index contributed by atoms with van der Waals surface area (Å²) < 4.78 is 5.55. The van der Waals surface area contributed by atoms with Crippen molar-refractivity contribution < 1.29 is 9.53 Å². The largest absolute Gasteiger partial charge is 0.462 e. The van der Waals surface area contributed by atoms with Gasteiger partial charge in [0.15, 0.2) is 0 Å². The molecule has 15 heavy (non-hydrogen) atoms. The Labute approximate surface area is 91.6 Å². The van der Waals surface area contributed by atoms with Crippen molar-refractivity contribution in [2.45, 2.75) is 64.1 Å². The molecule has 2 saturated heterocycles. The number of esters is 1. The summed E-state index contributed by atoms with van der Waals surface area (Å²) >= 11 is 0. The van der Waals surface area contributed by atoms with E-state index in [1.165, 1.54) is 12.8 Å². The number of piperidine rings is 1. The molecule has 4 atom stereocenters. The molecule has 0 aromatic rings. The summed E-state index contributed by atoms with van der Waals surface area (Å²) in [6.07, 6.45) is 5.57. The number of carbonyl (C=O) groups excluding carboxylic acids is 1. The molecule has 86 valence electrons. The average Bonchev–Trinajstić information content (AvgIpc) is 2.57. The van der Waals surface area contributed by atoms with Crippen LogP contribution in [0.15, 0.2) is 0 Å². The van der Waals surface area contributed by atoms with Crippen LogP contribution in [0.3, 0.4) is 0 Å². The van der Waals surface area contributed by atoms with Gasteiger partial charge in [0.2, 0.25) is 0 Å². The number of nitrogens with one attached hydrogen (secondary N) is 1. The molecule has 0 aromatic carbocycles. The highest BCUT2D eigenvalue weighted by atomic mass is 16.5. The second-order valence-electron chi connectivity index (χ2n) is 4.98. The molecule has 3 nitrogen and oxygen atoms in total. The van der Waals surface area contributed by atoms with Crippen molar-refractivity contribution in [2.24, 2.45) is 5.92 Å². The zero-order valence-electron chi connectivity index (χ0n) is 9.66. The molecule has 0 amide bonds. The first-order chi connectivity index (χ1) is 7.19. The van der Waals surface area contributed by atoms with E-state index < -0.39 is 0 Å². The van der Waals surface area contributed by atoms with E-state index in [9.17, 15) is 4.79 Å². The van der Waals surface area contributed by atoms with Gasteiger partial charge in [0, 0.05) is 12.1 Å². The predicted molar refractivity (Wildman–Crippen MR) is 58.5 cm³/mol. The number of carbonyl (C=O) groups is 1. The summed E-state index contributed by atoms with van der Waals surface area (Å²) in [6, 6.07) is 1.19. The van der Waals surface area contributed by atoms with Crippen LogP contribution in [-0.2, 0) is 9.53 Å². The van der Waals surface area contributed by atoms with E-state index in [0.29, 0.717) is 12.1 Å². The normalized spacial score (nSPS) is 36.3. The summed E-state index contributed by atoms with van der Waals surface area (Å²) in [6.45, 7) is 3.97. The average molecular weight is 211 g/mol. The van der Waals surface area contributed by atoms with Crippen LogP contribution in [0.4, 0.5) is 0 Å². The van der Waals surface area contributed by atoms with Crippen molar-refractivity contribution in [2.75, 3.05) is 0 Å². The first-order valence-corrected chi connectivity index (χ1v) is 6.15. The Kier molecular flexibility index (Phi) is 3.29. The van der Waals surface area contributed by atoms with Crippen molar-refractivity contribution in [3.63, 3.8) is 0 Å². The minimum Gasteiger partial charge on any atom is -0.462 e. The van der Waals surface area contributed by atoms with Gasteiger partial charge < -0.3 is 10.1 Å². The molecule has 2 bridgehead atoms. The molecule has 0 spiro atoms. The first-order valence-electron chi connectivity index (χ1n) is 6.15. The van der Waals surface area contributed by atoms with Crippen LogP contribution < -0.4 is 5.32 Å². The number of rotatable bonds is 3. The van der Waals surface area contributed by atoms with Crippen molar-refractivity contribution in [1.82, 2.24) is 5.32 Å². The Morgan fingerprint density at radius 2 is 2.00 bits per heavy atom. The van der Waals surface area contributed by atoms with Crippen LogP contribution in [0.1, 0.15) is 46.0 Å². The lowest BCUT2D eigenvalue weighted by Gasteiger charge is -2.29. The van der Waals surface area contributed by atoms with Gasteiger partial charge in [0.05, 0.1) is 5.92 Å². The fourth-order valence-corrected chi connectivity index (χ4v) is 2.55. The van der Waals surface area contributed by atoms with E-state index in [4.69, 9.17) is 4.74 Å². The quantitative estimate of drug-likeness (QED) is 0.724. The highest BCUT2D eigenvalue weighted by Gasteiger charge is 2.35. The van der Waals surface area contributed by atoms with Gasteiger partial charge in [-0.05, 0) is 32.1 Å². The van der Waals surface area contributed by atoms with E-state index in [2.05, 4.69) is 5.32 Å². The number of hydrogen-bond acceptors (Lipinski definition) is 3. The molecule has 0 aromatic heterocycles. The van der Waals surface area contributed by atoms with Gasteiger partial charge in [-0.3, -0.25) is 4.79 Å².